The maximum Gasteiger partial charge on any atom is 0.119 e. The second-order valence-electron chi connectivity index (χ2n) is 3.92. The van der Waals surface area contributed by atoms with Crippen LogP contribution in [0, 0.1) is 0 Å². The van der Waals surface area contributed by atoms with Crippen molar-refractivity contribution in [1.82, 2.24) is 4.90 Å². The fourth-order valence-electron chi connectivity index (χ4n) is 2.00. The molecule has 0 saturated carbocycles. The minimum Gasteiger partial charge on any atom is -0.497 e. The van der Waals surface area contributed by atoms with Gasteiger partial charge in [-0.15, -0.1) is 0 Å². The van der Waals surface area contributed by atoms with Crippen LogP contribution < -0.4 is 10.5 Å². The Bertz CT molecular complexity index is 323. The third-order valence-electron chi connectivity index (χ3n) is 3.03. The fraction of sp³-hybridized carbons (Fsp3) is 0.500. The Hall–Kier alpha value is -1.06. The average Bonchev–Trinajstić information content (AvgIpc) is 2.23. The summed E-state index contributed by atoms with van der Waals surface area (Å²) in [7, 11) is 1.69. The van der Waals surface area contributed by atoms with Crippen LogP contribution in [0.4, 0.5) is 0 Å². The highest BCUT2D eigenvalue weighted by Crippen LogP contribution is 2.26. The summed E-state index contributed by atoms with van der Waals surface area (Å²) >= 11 is 0. The molecule has 0 spiro atoms. The van der Waals surface area contributed by atoms with Gasteiger partial charge in [0, 0.05) is 25.7 Å². The molecule has 2 N–H and O–H groups in total. The molecule has 82 valence electrons. The number of hydrogen-bond donors (Lipinski definition) is 1. The van der Waals surface area contributed by atoms with Crippen molar-refractivity contribution in [2.45, 2.75) is 12.5 Å². The van der Waals surface area contributed by atoms with Crippen molar-refractivity contribution in [3.63, 3.8) is 0 Å². The lowest BCUT2D eigenvalue weighted by Gasteiger charge is -2.38. The van der Waals surface area contributed by atoms with Crippen LogP contribution in [0.25, 0.3) is 0 Å². The van der Waals surface area contributed by atoms with Crippen LogP contribution in [-0.2, 0) is 0 Å². The summed E-state index contributed by atoms with van der Waals surface area (Å²) in [6, 6.07) is 8.55. The predicted molar refractivity (Wildman–Crippen MR) is 61.0 cm³/mol. The van der Waals surface area contributed by atoms with Crippen molar-refractivity contribution < 1.29 is 4.74 Å². The van der Waals surface area contributed by atoms with E-state index in [1.807, 2.05) is 12.1 Å². The molecule has 1 aliphatic heterocycles. The molecular weight excluding hydrogens is 188 g/mol. The first kappa shape index (κ1) is 10.5. The number of methoxy groups -OCH3 is 1. The first-order valence-corrected chi connectivity index (χ1v) is 5.43. The summed E-state index contributed by atoms with van der Waals surface area (Å²) in [6.45, 7) is 3.01. The van der Waals surface area contributed by atoms with Crippen LogP contribution in [-0.4, -0.2) is 31.6 Å². The first-order chi connectivity index (χ1) is 7.35. The Morgan fingerprint density at radius 2 is 2.27 bits per heavy atom. The number of nitrogens with two attached hydrogens (primary N) is 1. The van der Waals surface area contributed by atoms with E-state index in [4.69, 9.17) is 10.5 Å². The molecule has 0 amide bonds. The Kier molecular flexibility index (Phi) is 3.23. The molecule has 3 heteroatoms. The maximum absolute atomic E-state index is 5.82. The van der Waals surface area contributed by atoms with E-state index in [2.05, 4.69) is 17.0 Å². The van der Waals surface area contributed by atoms with Gasteiger partial charge >= 0.3 is 0 Å². The molecule has 1 aromatic rings. The van der Waals surface area contributed by atoms with Crippen LogP contribution in [0.2, 0.25) is 0 Å². The van der Waals surface area contributed by atoms with Crippen molar-refractivity contribution in [1.29, 1.82) is 0 Å². The summed E-state index contributed by atoms with van der Waals surface area (Å²) < 4.78 is 5.22. The van der Waals surface area contributed by atoms with E-state index >= 15 is 0 Å². The summed E-state index contributed by atoms with van der Waals surface area (Å²) in [5.74, 6) is 0.909. The second-order valence-corrected chi connectivity index (χ2v) is 3.92. The zero-order chi connectivity index (χ0) is 10.7. The standard InChI is InChI=1S/C12H18N2O/c1-15-11-5-2-4-10(8-11)12(9-13)14-6-3-7-14/h2,4-5,8,12H,3,6-7,9,13H2,1H3. The Morgan fingerprint density at radius 3 is 2.80 bits per heavy atom. The smallest absolute Gasteiger partial charge is 0.119 e. The zero-order valence-corrected chi connectivity index (χ0v) is 9.15. The van der Waals surface area contributed by atoms with E-state index in [0.717, 1.165) is 5.75 Å². The first-order valence-electron chi connectivity index (χ1n) is 5.43. The van der Waals surface area contributed by atoms with Gasteiger partial charge in [-0.2, -0.15) is 0 Å². The molecule has 1 aromatic carbocycles. The number of nitrogens with zero attached hydrogens (tertiary/aromatic N) is 1. The third-order valence-corrected chi connectivity index (χ3v) is 3.03. The SMILES string of the molecule is COc1cccc(C(CN)N2CCC2)c1. The van der Waals surface area contributed by atoms with Crippen LogP contribution in [0.5, 0.6) is 5.75 Å². The molecule has 15 heavy (non-hydrogen) atoms. The van der Waals surface area contributed by atoms with E-state index < -0.39 is 0 Å². The molecule has 1 fully saturated rings. The average molecular weight is 206 g/mol. The minimum absolute atomic E-state index is 0.355. The van der Waals surface area contributed by atoms with Gasteiger partial charge in [-0.05, 0) is 24.1 Å². The van der Waals surface area contributed by atoms with Crippen LogP contribution in [0.1, 0.15) is 18.0 Å². The molecule has 0 bridgehead atoms. The summed E-state index contributed by atoms with van der Waals surface area (Å²) in [5.41, 5.74) is 7.08. The number of benzene rings is 1. The molecule has 0 aromatic heterocycles. The zero-order valence-electron chi connectivity index (χ0n) is 9.15. The maximum atomic E-state index is 5.82. The van der Waals surface area contributed by atoms with Crippen molar-refractivity contribution in [2.75, 3.05) is 26.7 Å². The highest BCUT2D eigenvalue weighted by Gasteiger charge is 2.24. The van der Waals surface area contributed by atoms with Crippen LogP contribution in [0.3, 0.4) is 0 Å². The van der Waals surface area contributed by atoms with Crippen LogP contribution in [0.15, 0.2) is 24.3 Å². The molecule has 1 saturated heterocycles. The highest BCUT2D eigenvalue weighted by atomic mass is 16.5. The lowest BCUT2D eigenvalue weighted by Crippen LogP contribution is -2.43. The van der Waals surface area contributed by atoms with Gasteiger partial charge in [0.15, 0.2) is 0 Å². The summed E-state index contributed by atoms with van der Waals surface area (Å²) in [5, 5.41) is 0. The fourth-order valence-corrected chi connectivity index (χ4v) is 2.00. The van der Waals surface area contributed by atoms with Gasteiger partial charge in [0.05, 0.1) is 7.11 Å². The van der Waals surface area contributed by atoms with E-state index in [9.17, 15) is 0 Å². The lowest BCUT2D eigenvalue weighted by molar-refractivity contribution is 0.122. The Morgan fingerprint density at radius 1 is 1.47 bits per heavy atom. The topological polar surface area (TPSA) is 38.5 Å². The number of hydrogen-bond acceptors (Lipinski definition) is 3. The molecule has 1 unspecified atom stereocenters. The van der Waals surface area contributed by atoms with Gasteiger partial charge in [0.2, 0.25) is 0 Å². The van der Waals surface area contributed by atoms with E-state index in [1.165, 1.54) is 25.1 Å². The minimum atomic E-state index is 0.355. The molecular formula is C12H18N2O. The highest BCUT2D eigenvalue weighted by molar-refractivity contribution is 5.31. The third kappa shape index (κ3) is 2.13. The largest absolute Gasteiger partial charge is 0.497 e. The molecule has 1 heterocycles. The van der Waals surface area contributed by atoms with Crippen molar-refractivity contribution in [3.05, 3.63) is 29.8 Å². The van der Waals surface area contributed by atoms with Crippen molar-refractivity contribution >= 4 is 0 Å². The quantitative estimate of drug-likeness (QED) is 0.809. The second kappa shape index (κ2) is 4.64. The monoisotopic (exact) mass is 206 g/mol. The predicted octanol–water partition coefficient (Wildman–Crippen LogP) is 1.40. The Balaban J connectivity index is 2.17. The van der Waals surface area contributed by atoms with E-state index in [1.54, 1.807) is 7.11 Å². The molecule has 0 radical (unpaired) electrons. The van der Waals surface area contributed by atoms with Gasteiger partial charge in [-0.1, -0.05) is 12.1 Å². The molecule has 3 nitrogen and oxygen atoms in total. The molecule has 2 rings (SSSR count). The van der Waals surface area contributed by atoms with Crippen molar-refractivity contribution in [3.8, 4) is 5.75 Å². The van der Waals surface area contributed by atoms with Gasteiger partial charge < -0.3 is 10.5 Å². The van der Waals surface area contributed by atoms with E-state index in [0.29, 0.717) is 12.6 Å². The van der Waals surface area contributed by atoms with Gasteiger partial charge in [0.25, 0.3) is 0 Å². The van der Waals surface area contributed by atoms with Gasteiger partial charge in [-0.25, -0.2) is 0 Å². The van der Waals surface area contributed by atoms with Crippen LogP contribution >= 0.6 is 0 Å². The molecule has 1 aliphatic rings. The summed E-state index contributed by atoms with van der Waals surface area (Å²) in [4.78, 5) is 2.41. The Labute approximate surface area is 90.8 Å². The number of ether oxygens (including phenoxy) is 1. The lowest BCUT2D eigenvalue weighted by atomic mass is 10.0. The number of likely N-dealkylation sites (tertiary alicyclic amines) is 1. The number of rotatable bonds is 4. The normalized spacial score (nSPS) is 18.3. The van der Waals surface area contributed by atoms with Gasteiger partial charge in [-0.3, -0.25) is 4.90 Å². The molecule has 0 aliphatic carbocycles. The van der Waals surface area contributed by atoms with E-state index in [-0.39, 0.29) is 0 Å². The molecule has 1 atom stereocenters. The van der Waals surface area contributed by atoms with Crippen molar-refractivity contribution in [2.24, 2.45) is 5.73 Å². The summed E-state index contributed by atoms with van der Waals surface area (Å²) in [6.07, 6.45) is 1.29. The van der Waals surface area contributed by atoms with Gasteiger partial charge in [0.1, 0.15) is 5.75 Å².